The number of rotatable bonds is 4. The number of amides is 1. The van der Waals surface area contributed by atoms with Crippen molar-refractivity contribution in [2.75, 3.05) is 11.9 Å². The first kappa shape index (κ1) is 11.9. The summed E-state index contributed by atoms with van der Waals surface area (Å²) in [6, 6.07) is 2.18. The van der Waals surface area contributed by atoms with Crippen molar-refractivity contribution in [1.82, 2.24) is 10.3 Å². The van der Waals surface area contributed by atoms with E-state index >= 15 is 0 Å². The first-order chi connectivity index (χ1) is 8.31. The van der Waals surface area contributed by atoms with Crippen LogP contribution in [0.5, 0.6) is 0 Å². The molecule has 4 heteroatoms. The van der Waals surface area contributed by atoms with Gasteiger partial charge in [0.2, 0.25) is 0 Å². The molecule has 0 saturated heterocycles. The minimum absolute atomic E-state index is 0.0130. The Morgan fingerprint density at radius 2 is 2.24 bits per heavy atom. The van der Waals surface area contributed by atoms with E-state index in [0.29, 0.717) is 11.6 Å². The van der Waals surface area contributed by atoms with E-state index in [9.17, 15) is 4.79 Å². The Morgan fingerprint density at radius 3 is 2.94 bits per heavy atom. The maximum atomic E-state index is 12.1. The highest BCUT2D eigenvalue weighted by molar-refractivity contribution is 5.99. The van der Waals surface area contributed by atoms with E-state index in [2.05, 4.69) is 15.6 Å². The average Bonchev–Trinajstić information content (AvgIpc) is 2.83. The van der Waals surface area contributed by atoms with Gasteiger partial charge in [0, 0.05) is 25.0 Å². The molecule has 0 aromatic carbocycles. The lowest BCUT2D eigenvalue weighted by atomic mass is 10.2. The highest BCUT2D eigenvalue weighted by Crippen LogP contribution is 2.19. The Labute approximate surface area is 102 Å². The van der Waals surface area contributed by atoms with Crippen LogP contribution in [-0.2, 0) is 0 Å². The number of hydrogen-bond donors (Lipinski definition) is 2. The molecular formula is C13H19N3O. The van der Waals surface area contributed by atoms with E-state index in [-0.39, 0.29) is 5.91 Å². The zero-order valence-electron chi connectivity index (χ0n) is 10.2. The van der Waals surface area contributed by atoms with Crippen molar-refractivity contribution >= 4 is 11.6 Å². The minimum atomic E-state index is -0.0130. The summed E-state index contributed by atoms with van der Waals surface area (Å²) in [6.07, 6.45) is 7.97. The largest absolute Gasteiger partial charge is 0.385 e. The molecule has 1 fully saturated rings. The van der Waals surface area contributed by atoms with Crippen molar-refractivity contribution < 1.29 is 4.79 Å². The number of carbonyl (C=O) groups excluding carboxylic acids is 1. The van der Waals surface area contributed by atoms with Gasteiger partial charge in [-0.1, -0.05) is 12.8 Å². The number of anilines is 1. The molecule has 1 aliphatic rings. The van der Waals surface area contributed by atoms with Crippen LogP contribution < -0.4 is 10.6 Å². The van der Waals surface area contributed by atoms with Crippen molar-refractivity contribution in [3.8, 4) is 0 Å². The van der Waals surface area contributed by atoms with Crippen LogP contribution in [0.1, 0.15) is 43.0 Å². The summed E-state index contributed by atoms with van der Waals surface area (Å²) in [5.74, 6) is -0.0130. The predicted octanol–water partition coefficient (Wildman–Crippen LogP) is 2.19. The van der Waals surface area contributed by atoms with Crippen molar-refractivity contribution in [1.29, 1.82) is 0 Å². The van der Waals surface area contributed by atoms with Gasteiger partial charge in [-0.3, -0.25) is 9.78 Å². The molecule has 2 rings (SSSR count). The number of nitrogens with one attached hydrogen (secondary N) is 2. The molecular weight excluding hydrogens is 214 g/mol. The van der Waals surface area contributed by atoms with Crippen LogP contribution in [0.3, 0.4) is 0 Å². The van der Waals surface area contributed by atoms with Gasteiger partial charge in [-0.15, -0.1) is 0 Å². The van der Waals surface area contributed by atoms with Gasteiger partial charge in [-0.2, -0.15) is 0 Å². The minimum Gasteiger partial charge on any atom is -0.385 e. The Balaban J connectivity index is 2.06. The van der Waals surface area contributed by atoms with Gasteiger partial charge >= 0.3 is 0 Å². The van der Waals surface area contributed by atoms with Crippen molar-refractivity contribution in [3.63, 3.8) is 0 Å². The molecule has 0 radical (unpaired) electrons. The SMILES string of the molecule is CCNc1ccncc1C(=O)NC1CCCC1. The fourth-order valence-corrected chi connectivity index (χ4v) is 2.25. The van der Waals surface area contributed by atoms with Crippen LogP contribution >= 0.6 is 0 Å². The quantitative estimate of drug-likeness (QED) is 0.838. The second kappa shape index (κ2) is 5.66. The monoisotopic (exact) mass is 233 g/mol. The number of hydrogen-bond acceptors (Lipinski definition) is 3. The second-order valence-corrected chi connectivity index (χ2v) is 4.41. The van der Waals surface area contributed by atoms with Gasteiger partial charge in [0.25, 0.3) is 5.91 Å². The molecule has 1 amide bonds. The summed E-state index contributed by atoms with van der Waals surface area (Å²) in [7, 11) is 0. The fraction of sp³-hybridized carbons (Fsp3) is 0.538. The first-order valence-corrected chi connectivity index (χ1v) is 6.30. The van der Waals surface area contributed by atoms with Crippen molar-refractivity contribution in [2.45, 2.75) is 38.6 Å². The molecule has 17 heavy (non-hydrogen) atoms. The fourth-order valence-electron chi connectivity index (χ4n) is 2.25. The maximum absolute atomic E-state index is 12.1. The van der Waals surface area contributed by atoms with Gasteiger partial charge in [0.05, 0.1) is 11.3 Å². The molecule has 0 bridgehead atoms. The Kier molecular flexibility index (Phi) is 3.96. The lowest BCUT2D eigenvalue weighted by Gasteiger charge is -2.14. The lowest BCUT2D eigenvalue weighted by Crippen LogP contribution is -2.33. The standard InChI is InChI=1S/C13H19N3O/c1-2-15-12-7-8-14-9-11(12)13(17)16-10-5-3-4-6-10/h7-10H,2-6H2,1H3,(H,14,15)(H,16,17). The second-order valence-electron chi connectivity index (χ2n) is 4.41. The molecule has 2 N–H and O–H groups in total. The highest BCUT2D eigenvalue weighted by Gasteiger charge is 2.19. The Hall–Kier alpha value is -1.58. The summed E-state index contributed by atoms with van der Waals surface area (Å²) in [5.41, 5.74) is 1.50. The van der Waals surface area contributed by atoms with Crippen molar-refractivity contribution in [3.05, 3.63) is 24.0 Å². The molecule has 1 saturated carbocycles. The predicted molar refractivity (Wildman–Crippen MR) is 68.1 cm³/mol. The van der Waals surface area contributed by atoms with E-state index in [1.54, 1.807) is 12.4 Å². The van der Waals surface area contributed by atoms with Crippen LogP contribution in [0.2, 0.25) is 0 Å². The number of carbonyl (C=O) groups is 1. The molecule has 0 spiro atoms. The molecule has 92 valence electrons. The van der Waals surface area contributed by atoms with Gasteiger partial charge in [-0.25, -0.2) is 0 Å². The zero-order chi connectivity index (χ0) is 12.1. The summed E-state index contributed by atoms with van der Waals surface area (Å²) in [5, 5.41) is 6.26. The average molecular weight is 233 g/mol. The zero-order valence-corrected chi connectivity index (χ0v) is 10.2. The van der Waals surface area contributed by atoms with Crippen LogP contribution in [0.25, 0.3) is 0 Å². The van der Waals surface area contributed by atoms with Gasteiger partial charge in [0.15, 0.2) is 0 Å². The normalized spacial score (nSPS) is 15.8. The summed E-state index contributed by atoms with van der Waals surface area (Å²) in [6.45, 7) is 2.81. The molecule has 0 unspecified atom stereocenters. The smallest absolute Gasteiger partial charge is 0.255 e. The molecule has 1 aromatic rings. The molecule has 1 heterocycles. The summed E-state index contributed by atoms with van der Waals surface area (Å²) >= 11 is 0. The topological polar surface area (TPSA) is 54.0 Å². The lowest BCUT2D eigenvalue weighted by molar-refractivity contribution is 0.0938. The van der Waals surface area contributed by atoms with Crippen LogP contribution in [0, 0.1) is 0 Å². The Morgan fingerprint density at radius 1 is 1.47 bits per heavy atom. The van der Waals surface area contributed by atoms with Crippen molar-refractivity contribution in [2.24, 2.45) is 0 Å². The summed E-state index contributed by atoms with van der Waals surface area (Å²) in [4.78, 5) is 16.1. The first-order valence-electron chi connectivity index (χ1n) is 6.30. The molecule has 4 nitrogen and oxygen atoms in total. The maximum Gasteiger partial charge on any atom is 0.255 e. The Bertz CT molecular complexity index is 386. The molecule has 0 aliphatic heterocycles. The van der Waals surface area contributed by atoms with E-state index in [1.165, 1.54) is 12.8 Å². The van der Waals surface area contributed by atoms with Crippen LogP contribution in [-0.4, -0.2) is 23.5 Å². The van der Waals surface area contributed by atoms with Gasteiger partial charge in [-0.05, 0) is 25.8 Å². The van der Waals surface area contributed by atoms with E-state index in [0.717, 1.165) is 25.1 Å². The molecule has 1 aliphatic carbocycles. The van der Waals surface area contributed by atoms with E-state index in [4.69, 9.17) is 0 Å². The van der Waals surface area contributed by atoms with Crippen LogP contribution in [0.15, 0.2) is 18.5 Å². The highest BCUT2D eigenvalue weighted by atomic mass is 16.1. The number of aromatic nitrogens is 1. The third-order valence-electron chi connectivity index (χ3n) is 3.12. The number of nitrogens with zero attached hydrogens (tertiary/aromatic N) is 1. The third kappa shape index (κ3) is 2.96. The molecule has 1 aromatic heterocycles. The number of pyridine rings is 1. The summed E-state index contributed by atoms with van der Waals surface area (Å²) < 4.78 is 0. The van der Waals surface area contributed by atoms with E-state index < -0.39 is 0 Å². The van der Waals surface area contributed by atoms with Crippen LogP contribution in [0.4, 0.5) is 5.69 Å². The van der Waals surface area contributed by atoms with Gasteiger partial charge in [0.1, 0.15) is 0 Å². The van der Waals surface area contributed by atoms with Gasteiger partial charge < -0.3 is 10.6 Å². The van der Waals surface area contributed by atoms with E-state index in [1.807, 2.05) is 13.0 Å². The third-order valence-corrected chi connectivity index (χ3v) is 3.12. The molecule has 0 atom stereocenters.